The summed E-state index contributed by atoms with van der Waals surface area (Å²) in [6.07, 6.45) is 1.67. The van der Waals surface area contributed by atoms with Gasteiger partial charge in [-0.2, -0.15) is 0 Å². The Morgan fingerprint density at radius 2 is 1.62 bits per heavy atom. The second-order valence-electron chi connectivity index (χ2n) is 3.87. The van der Waals surface area contributed by atoms with E-state index in [4.69, 9.17) is 0 Å². The summed E-state index contributed by atoms with van der Waals surface area (Å²) in [5, 5.41) is 0. The summed E-state index contributed by atoms with van der Waals surface area (Å²) in [5.74, 6) is -1.06. The van der Waals surface area contributed by atoms with Gasteiger partial charge in [-0.1, -0.05) is 36.4 Å². The maximum absolute atomic E-state index is 11.5. The maximum Gasteiger partial charge on any atom is 0.141 e. The molecular formula is C14H16O2. The van der Waals surface area contributed by atoms with Crippen molar-refractivity contribution in [3.8, 4) is 0 Å². The molecule has 1 aromatic rings. The minimum Gasteiger partial charge on any atom is -0.299 e. The van der Waals surface area contributed by atoms with Crippen molar-refractivity contribution < 1.29 is 9.59 Å². The van der Waals surface area contributed by atoms with Gasteiger partial charge in [-0.15, -0.1) is 6.58 Å². The summed E-state index contributed by atoms with van der Waals surface area (Å²) in [6.45, 7) is 6.62. The van der Waals surface area contributed by atoms with Crippen LogP contribution in [0.4, 0.5) is 0 Å². The molecule has 0 heterocycles. The van der Waals surface area contributed by atoms with Gasteiger partial charge in [0.1, 0.15) is 11.6 Å². The number of carbonyl (C=O) groups excluding carboxylic acids is 2. The van der Waals surface area contributed by atoms with Gasteiger partial charge in [-0.25, -0.2) is 0 Å². The Hall–Kier alpha value is -1.70. The topological polar surface area (TPSA) is 34.1 Å². The molecule has 84 valence electrons. The molecule has 1 rings (SSSR count). The zero-order valence-electron chi connectivity index (χ0n) is 9.64. The van der Waals surface area contributed by atoms with Crippen molar-refractivity contribution in [2.45, 2.75) is 19.8 Å². The molecule has 16 heavy (non-hydrogen) atoms. The Labute approximate surface area is 96.0 Å². The van der Waals surface area contributed by atoms with Crippen LogP contribution in [-0.2, 0) is 9.59 Å². The smallest absolute Gasteiger partial charge is 0.141 e. The van der Waals surface area contributed by atoms with Gasteiger partial charge >= 0.3 is 0 Å². The minimum absolute atomic E-state index is 0.110. The van der Waals surface area contributed by atoms with Crippen LogP contribution in [-0.4, -0.2) is 11.6 Å². The summed E-state index contributed by atoms with van der Waals surface area (Å²) in [7, 11) is 0. The van der Waals surface area contributed by atoms with E-state index >= 15 is 0 Å². The van der Waals surface area contributed by atoms with E-state index in [9.17, 15) is 9.59 Å². The molecule has 1 atom stereocenters. The van der Waals surface area contributed by atoms with Gasteiger partial charge in [-0.3, -0.25) is 9.59 Å². The molecule has 0 saturated carbocycles. The van der Waals surface area contributed by atoms with E-state index in [-0.39, 0.29) is 17.5 Å². The van der Waals surface area contributed by atoms with Gasteiger partial charge in [0.15, 0.2) is 0 Å². The van der Waals surface area contributed by atoms with Crippen LogP contribution >= 0.6 is 0 Å². The zero-order chi connectivity index (χ0) is 12.1. The largest absolute Gasteiger partial charge is 0.299 e. The first-order valence-electron chi connectivity index (χ1n) is 5.26. The number of hydrogen-bond acceptors (Lipinski definition) is 2. The lowest BCUT2D eigenvalue weighted by Crippen LogP contribution is -2.25. The van der Waals surface area contributed by atoms with E-state index in [0.29, 0.717) is 0 Å². The van der Waals surface area contributed by atoms with Gasteiger partial charge in [-0.05, 0) is 19.4 Å². The second kappa shape index (κ2) is 5.40. The van der Waals surface area contributed by atoms with Crippen LogP contribution in [0.5, 0.6) is 0 Å². The van der Waals surface area contributed by atoms with E-state index in [0.717, 1.165) is 5.56 Å². The van der Waals surface area contributed by atoms with Crippen LogP contribution in [0.2, 0.25) is 0 Å². The molecule has 0 fully saturated rings. The number of Topliss-reactive ketones (excluding diaryl/α,β-unsaturated/α-hetero) is 2. The highest BCUT2D eigenvalue weighted by molar-refractivity contribution is 6.01. The van der Waals surface area contributed by atoms with Crippen LogP contribution < -0.4 is 0 Å². The molecule has 0 aromatic heterocycles. The predicted octanol–water partition coefficient (Wildman–Crippen LogP) is 2.75. The minimum atomic E-state index is -0.611. The van der Waals surface area contributed by atoms with E-state index in [1.54, 1.807) is 6.08 Å². The highest BCUT2D eigenvalue weighted by Gasteiger charge is 2.28. The first-order chi connectivity index (χ1) is 7.57. The van der Waals surface area contributed by atoms with Crippen molar-refractivity contribution in [1.82, 2.24) is 0 Å². The van der Waals surface area contributed by atoms with E-state index < -0.39 is 5.92 Å². The number of allylic oxidation sites excluding steroid dienone is 1. The Bertz CT molecular complexity index is 378. The molecule has 0 amide bonds. The molecule has 0 radical (unpaired) electrons. The van der Waals surface area contributed by atoms with Gasteiger partial charge in [0.05, 0.1) is 5.92 Å². The molecule has 0 aliphatic carbocycles. The number of rotatable bonds is 5. The third-order valence-corrected chi connectivity index (χ3v) is 2.67. The van der Waals surface area contributed by atoms with Gasteiger partial charge in [0.2, 0.25) is 0 Å². The fourth-order valence-electron chi connectivity index (χ4n) is 1.93. The molecule has 0 N–H and O–H groups in total. The quantitative estimate of drug-likeness (QED) is 0.560. The average Bonchev–Trinajstić information content (AvgIpc) is 2.25. The monoisotopic (exact) mass is 216 g/mol. The lowest BCUT2D eigenvalue weighted by Gasteiger charge is -2.20. The van der Waals surface area contributed by atoms with Crippen molar-refractivity contribution in [3.05, 3.63) is 48.6 Å². The summed E-state index contributed by atoms with van der Waals surface area (Å²) >= 11 is 0. The first-order valence-corrected chi connectivity index (χ1v) is 5.26. The summed E-state index contributed by atoms with van der Waals surface area (Å²) < 4.78 is 0. The molecule has 0 saturated heterocycles. The molecule has 2 heteroatoms. The second-order valence-corrected chi connectivity index (χ2v) is 3.87. The molecule has 1 unspecified atom stereocenters. The Kier molecular flexibility index (Phi) is 4.18. The van der Waals surface area contributed by atoms with Crippen molar-refractivity contribution in [2.24, 2.45) is 5.92 Å². The Morgan fingerprint density at radius 3 is 2.00 bits per heavy atom. The number of ketones is 2. The lowest BCUT2D eigenvalue weighted by molar-refractivity contribution is -0.130. The fraction of sp³-hybridized carbons (Fsp3) is 0.286. The van der Waals surface area contributed by atoms with Gasteiger partial charge in [0, 0.05) is 5.92 Å². The van der Waals surface area contributed by atoms with E-state index in [1.165, 1.54) is 13.8 Å². The fourth-order valence-corrected chi connectivity index (χ4v) is 1.93. The SMILES string of the molecule is C=CC(c1ccccc1)C(C(C)=O)C(C)=O. The highest BCUT2D eigenvalue weighted by atomic mass is 16.1. The van der Waals surface area contributed by atoms with Crippen LogP contribution in [0.15, 0.2) is 43.0 Å². The first kappa shape index (κ1) is 12.4. The third kappa shape index (κ3) is 2.66. The van der Waals surface area contributed by atoms with Crippen molar-refractivity contribution in [3.63, 3.8) is 0 Å². The summed E-state index contributed by atoms with van der Waals surface area (Å²) in [5.41, 5.74) is 0.952. The third-order valence-electron chi connectivity index (χ3n) is 2.67. The van der Waals surface area contributed by atoms with Crippen LogP contribution in [0.3, 0.4) is 0 Å². The Morgan fingerprint density at radius 1 is 1.12 bits per heavy atom. The summed E-state index contributed by atoms with van der Waals surface area (Å²) in [6, 6.07) is 9.50. The normalized spacial score (nSPS) is 12.2. The number of benzene rings is 1. The molecule has 1 aromatic carbocycles. The molecule has 2 nitrogen and oxygen atoms in total. The predicted molar refractivity (Wildman–Crippen MR) is 64.2 cm³/mol. The standard InChI is InChI=1S/C14H16O2/c1-4-13(12-8-6-5-7-9-12)14(10(2)15)11(3)16/h4-9,13-14H,1H2,2-3H3. The van der Waals surface area contributed by atoms with Gasteiger partial charge in [0.25, 0.3) is 0 Å². The number of hydrogen-bond donors (Lipinski definition) is 0. The van der Waals surface area contributed by atoms with Crippen molar-refractivity contribution in [2.75, 3.05) is 0 Å². The average molecular weight is 216 g/mol. The molecule has 0 aliphatic rings. The lowest BCUT2D eigenvalue weighted by atomic mass is 9.81. The molecular weight excluding hydrogens is 200 g/mol. The molecule has 0 spiro atoms. The van der Waals surface area contributed by atoms with Gasteiger partial charge < -0.3 is 0 Å². The van der Waals surface area contributed by atoms with Crippen LogP contribution in [0.1, 0.15) is 25.3 Å². The van der Waals surface area contributed by atoms with Crippen molar-refractivity contribution in [1.29, 1.82) is 0 Å². The van der Waals surface area contributed by atoms with E-state index in [1.807, 2.05) is 30.3 Å². The molecule has 0 aliphatic heterocycles. The highest BCUT2D eigenvalue weighted by Crippen LogP contribution is 2.27. The summed E-state index contributed by atoms with van der Waals surface area (Å²) in [4.78, 5) is 23.0. The zero-order valence-corrected chi connectivity index (χ0v) is 9.64. The number of carbonyl (C=O) groups is 2. The molecule has 0 bridgehead atoms. The van der Waals surface area contributed by atoms with Crippen molar-refractivity contribution >= 4 is 11.6 Å². The Balaban J connectivity index is 3.10. The van der Waals surface area contributed by atoms with Crippen LogP contribution in [0.25, 0.3) is 0 Å². The maximum atomic E-state index is 11.5. The van der Waals surface area contributed by atoms with Crippen LogP contribution in [0, 0.1) is 5.92 Å². The van der Waals surface area contributed by atoms with E-state index in [2.05, 4.69) is 6.58 Å².